The Morgan fingerprint density at radius 2 is 0.929 bits per heavy atom. The molecule has 0 bridgehead atoms. The van der Waals surface area contributed by atoms with Gasteiger partial charge in [0.05, 0.1) is 0 Å². The first-order valence-corrected chi connectivity index (χ1v) is 10.3. The molecular weight excluding hydrogens is 348 g/mol. The molecule has 2 aromatic rings. The fourth-order valence-electron chi connectivity index (χ4n) is 3.44. The van der Waals surface area contributed by atoms with E-state index in [0.717, 1.165) is 61.5 Å². The van der Waals surface area contributed by atoms with E-state index in [1.165, 1.54) is 11.1 Å². The Morgan fingerprint density at radius 1 is 0.607 bits per heavy atom. The zero-order chi connectivity index (χ0) is 20.8. The van der Waals surface area contributed by atoms with Crippen LogP contribution in [-0.4, -0.2) is 46.2 Å². The zero-order valence-corrected chi connectivity index (χ0v) is 18.3. The van der Waals surface area contributed by atoms with E-state index in [9.17, 15) is 10.2 Å². The predicted octanol–water partition coefficient (Wildman–Crippen LogP) is 4.68. The summed E-state index contributed by atoms with van der Waals surface area (Å²) in [6.07, 6.45) is 0. The van der Waals surface area contributed by atoms with Crippen LogP contribution in [0.4, 0.5) is 0 Å². The van der Waals surface area contributed by atoms with Gasteiger partial charge in [0, 0.05) is 37.3 Å². The van der Waals surface area contributed by atoms with Crippen molar-refractivity contribution in [2.45, 2.75) is 54.6 Å². The third-order valence-electron chi connectivity index (χ3n) is 5.80. The van der Waals surface area contributed by atoms with Crippen molar-refractivity contribution in [3.05, 3.63) is 57.6 Å². The van der Waals surface area contributed by atoms with Gasteiger partial charge in [0.1, 0.15) is 11.5 Å². The molecular formula is C24H36N2O2. The van der Waals surface area contributed by atoms with E-state index < -0.39 is 0 Å². The van der Waals surface area contributed by atoms with Crippen molar-refractivity contribution < 1.29 is 10.2 Å². The van der Waals surface area contributed by atoms with Gasteiger partial charge in [-0.15, -0.1) is 0 Å². The van der Waals surface area contributed by atoms with Gasteiger partial charge in [-0.3, -0.25) is 9.80 Å². The van der Waals surface area contributed by atoms with Crippen LogP contribution in [0.3, 0.4) is 0 Å². The molecule has 0 heterocycles. The number of nitrogens with zero attached hydrogens (tertiary/aromatic N) is 2. The Bertz CT molecular complexity index is 734. The van der Waals surface area contributed by atoms with Gasteiger partial charge in [-0.1, -0.05) is 26.0 Å². The third-order valence-corrected chi connectivity index (χ3v) is 5.80. The molecule has 0 atom stereocenters. The number of rotatable bonds is 9. The maximum Gasteiger partial charge on any atom is 0.120 e. The van der Waals surface area contributed by atoms with Crippen molar-refractivity contribution in [2.24, 2.45) is 0 Å². The average Bonchev–Trinajstić information content (AvgIpc) is 2.65. The molecule has 28 heavy (non-hydrogen) atoms. The topological polar surface area (TPSA) is 46.9 Å². The Hall–Kier alpha value is -2.04. The van der Waals surface area contributed by atoms with Gasteiger partial charge in [0.2, 0.25) is 0 Å². The van der Waals surface area contributed by atoms with Gasteiger partial charge in [0.15, 0.2) is 0 Å². The van der Waals surface area contributed by atoms with Crippen LogP contribution in [0.5, 0.6) is 11.5 Å². The summed E-state index contributed by atoms with van der Waals surface area (Å²) in [6.45, 7) is 17.7. The summed E-state index contributed by atoms with van der Waals surface area (Å²) in [5, 5.41) is 20.6. The Morgan fingerprint density at radius 3 is 1.25 bits per heavy atom. The van der Waals surface area contributed by atoms with Crippen LogP contribution in [0, 0.1) is 27.7 Å². The first-order chi connectivity index (χ1) is 13.2. The van der Waals surface area contributed by atoms with E-state index in [4.69, 9.17) is 0 Å². The van der Waals surface area contributed by atoms with Crippen LogP contribution in [0.15, 0.2) is 24.3 Å². The normalized spacial score (nSPS) is 11.6. The van der Waals surface area contributed by atoms with Crippen molar-refractivity contribution in [3.63, 3.8) is 0 Å². The highest BCUT2D eigenvalue weighted by atomic mass is 16.3. The summed E-state index contributed by atoms with van der Waals surface area (Å²) >= 11 is 0. The number of phenolic OH excluding ortho intramolecular Hbond substituents is 2. The van der Waals surface area contributed by atoms with Gasteiger partial charge in [0.25, 0.3) is 0 Å². The largest absolute Gasteiger partial charge is 0.508 e. The summed E-state index contributed by atoms with van der Waals surface area (Å²) in [7, 11) is 0. The van der Waals surface area contributed by atoms with E-state index in [2.05, 4.69) is 49.6 Å². The van der Waals surface area contributed by atoms with E-state index in [-0.39, 0.29) is 0 Å². The highest BCUT2D eigenvalue weighted by Crippen LogP contribution is 2.24. The van der Waals surface area contributed by atoms with Gasteiger partial charge in [-0.25, -0.2) is 0 Å². The van der Waals surface area contributed by atoms with Gasteiger partial charge < -0.3 is 10.2 Å². The molecule has 0 saturated carbocycles. The van der Waals surface area contributed by atoms with Crippen LogP contribution in [-0.2, 0) is 13.1 Å². The Balaban J connectivity index is 2.01. The number of hydrogen-bond acceptors (Lipinski definition) is 4. The molecule has 0 spiro atoms. The van der Waals surface area contributed by atoms with E-state index in [0.29, 0.717) is 11.5 Å². The zero-order valence-electron chi connectivity index (χ0n) is 18.3. The number of aromatic hydroxyl groups is 2. The molecule has 0 aliphatic rings. The Kier molecular flexibility index (Phi) is 7.90. The van der Waals surface area contributed by atoms with Crippen molar-refractivity contribution in [1.82, 2.24) is 9.80 Å². The molecule has 0 saturated heterocycles. The van der Waals surface area contributed by atoms with Crippen molar-refractivity contribution in [1.29, 1.82) is 0 Å². The average molecular weight is 385 g/mol. The first kappa shape index (κ1) is 22.3. The molecule has 2 rings (SSSR count). The lowest BCUT2D eigenvalue weighted by Crippen LogP contribution is -2.34. The monoisotopic (exact) mass is 384 g/mol. The van der Waals surface area contributed by atoms with E-state index in [1.54, 1.807) is 0 Å². The summed E-state index contributed by atoms with van der Waals surface area (Å²) in [4.78, 5) is 4.71. The molecule has 2 aromatic carbocycles. The van der Waals surface area contributed by atoms with Crippen LogP contribution < -0.4 is 0 Å². The maximum absolute atomic E-state index is 10.3. The second-order valence-electron chi connectivity index (χ2n) is 7.87. The van der Waals surface area contributed by atoms with Crippen molar-refractivity contribution in [3.8, 4) is 11.5 Å². The molecule has 0 unspecified atom stereocenters. The summed E-state index contributed by atoms with van der Waals surface area (Å²) < 4.78 is 0. The fraction of sp³-hybridized carbons (Fsp3) is 0.500. The third kappa shape index (κ3) is 5.73. The van der Waals surface area contributed by atoms with Gasteiger partial charge >= 0.3 is 0 Å². The number of benzene rings is 2. The molecule has 154 valence electrons. The highest BCUT2D eigenvalue weighted by Gasteiger charge is 2.13. The van der Waals surface area contributed by atoms with Crippen LogP contribution in [0.1, 0.15) is 47.2 Å². The van der Waals surface area contributed by atoms with Gasteiger partial charge in [-0.2, -0.15) is 0 Å². The quantitative estimate of drug-likeness (QED) is 0.659. The number of phenols is 2. The smallest absolute Gasteiger partial charge is 0.120 e. The number of hydrogen-bond donors (Lipinski definition) is 2. The van der Waals surface area contributed by atoms with Crippen molar-refractivity contribution >= 4 is 0 Å². The predicted molar refractivity (Wildman–Crippen MR) is 117 cm³/mol. The second-order valence-corrected chi connectivity index (χ2v) is 7.87. The van der Waals surface area contributed by atoms with Crippen LogP contribution in [0.25, 0.3) is 0 Å². The minimum atomic E-state index is 0.383. The molecule has 4 nitrogen and oxygen atoms in total. The molecule has 0 aromatic heterocycles. The standard InChI is InChI=1S/C24H36N2O2/c1-7-25(15-21-11-17(3)19(5)13-23(21)27)9-10-26(8-2)16-22-12-18(4)20(6)14-24(22)28/h11-14,27-28H,7-10,15-16H2,1-6H3. The minimum absolute atomic E-state index is 0.383. The molecule has 0 fully saturated rings. The lowest BCUT2D eigenvalue weighted by Gasteiger charge is -2.27. The fourth-order valence-corrected chi connectivity index (χ4v) is 3.44. The second kappa shape index (κ2) is 9.94. The van der Waals surface area contributed by atoms with Crippen LogP contribution >= 0.6 is 0 Å². The lowest BCUT2D eigenvalue weighted by molar-refractivity contribution is 0.202. The van der Waals surface area contributed by atoms with Crippen molar-refractivity contribution in [2.75, 3.05) is 26.2 Å². The molecule has 0 aliphatic carbocycles. The number of likely N-dealkylation sites (N-methyl/N-ethyl adjacent to an activating group) is 2. The molecule has 0 amide bonds. The summed E-state index contributed by atoms with van der Waals surface area (Å²) in [6, 6.07) is 7.91. The molecule has 0 aliphatic heterocycles. The molecule has 2 N–H and O–H groups in total. The molecule has 0 radical (unpaired) electrons. The Labute approximate surface area is 170 Å². The molecule has 4 heteroatoms. The minimum Gasteiger partial charge on any atom is -0.508 e. The number of aryl methyl sites for hydroxylation is 4. The van der Waals surface area contributed by atoms with E-state index >= 15 is 0 Å². The maximum atomic E-state index is 10.3. The summed E-state index contributed by atoms with van der Waals surface area (Å²) in [5.41, 5.74) is 6.64. The summed E-state index contributed by atoms with van der Waals surface area (Å²) in [5.74, 6) is 0.767. The van der Waals surface area contributed by atoms with E-state index in [1.807, 2.05) is 26.0 Å². The van der Waals surface area contributed by atoms with Crippen LogP contribution in [0.2, 0.25) is 0 Å². The highest BCUT2D eigenvalue weighted by molar-refractivity contribution is 5.41. The SMILES string of the molecule is CCN(CCN(CC)Cc1cc(C)c(C)cc1O)Cc1cc(C)c(C)cc1O. The lowest BCUT2D eigenvalue weighted by atomic mass is 10.0. The van der Waals surface area contributed by atoms with Gasteiger partial charge in [-0.05, 0) is 75.2 Å². The first-order valence-electron chi connectivity index (χ1n) is 10.3.